The molecule has 2 aliphatic heterocycles. The maximum atomic E-state index is 12.1. The number of amides is 4. The molecule has 0 aromatic heterocycles. The summed E-state index contributed by atoms with van der Waals surface area (Å²) in [5.41, 5.74) is 0. The molecule has 0 N–H and O–H groups in total. The van der Waals surface area contributed by atoms with Crippen LogP contribution in [0.15, 0.2) is 24.3 Å². The van der Waals surface area contributed by atoms with E-state index in [0.29, 0.717) is 23.7 Å². The largest absolute Gasteiger partial charge is 0.280 e. The van der Waals surface area contributed by atoms with E-state index in [-0.39, 0.29) is 59.4 Å². The van der Waals surface area contributed by atoms with Crippen molar-refractivity contribution in [2.45, 2.75) is 52.6 Å². The van der Waals surface area contributed by atoms with E-state index in [4.69, 9.17) is 0 Å². The number of hydrogen-bond donors (Lipinski definition) is 0. The molecule has 2 saturated heterocycles. The first kappa shape index (κ1) is 19.7. The van der Waals surface area contributed by atoms with Crippen LogP contribution in [0.2, 0.25) is 0 Å². The first-order chi connectivity index (χ1) is 14.2. The van der Waals surface area contributed by atoms with Crippen molar-refractivity contribution < 1.29 is 19.2 Å². The highest BCUT2D eigenvalue weighted by Gasteiger charge is 2.60. The SMILES string of the molecule is CC(C)N1C(=O)[C@@H]2[C@H](C1=O)[C@@H]1C=C[C@H]2C1.CC(C)N1C(=O)[C@@H]2[C@H](C1=O)[C@H]1C=C[C@@H]2C1. The number of imide groups is 2. The summed E-state index contributed by atoms with van der Waals surface area (Å²) in [7, 11) is 0. The summed E-state index contributed by atoms with van der Waals surface area (Å²) in [6.07, 6.45) is 10.5. The summed E-state index contributed by atoms with van der Waals surface area (Å²) in [5, 5.41) is 0. The quantitative estimate of drug-likeness (QED) is 0.518. The van der Waals surface area contributed by atoms with Crippen LogP contribution in [0.3, 0.4) is 0 Å². The molecule has 6 heteroatoms. The molecule has 30 heavy (non-hydrogen) atoms. The van der Waals surface area contributed by atoms with Gasteiger partial charge in [-0.05, 0) is 64.2 Å². The summed E-state index contributed by atoms with van der Waals surface area (Å²) in [4.78, 5) is 51.3. The molecular formula is C24H30N2O4. The van der Waals surface area contributed by atoms with Crippen LogP contribution in [0, 0.1) is 47.3 Å². The lowest BCUT2D eigenvalue weighted by molar-refractivity contribution is -0.144. The smallest absolute Gasteiger partial charge is 0.233 e. The van der Waals surface area contributed by atoms with E-state index >= 15 is 0 Å². The maximum Gasteiger partial charge on any atom is 0.233 e. The van der Waals surface area contributed by atoms with E-state index < -0.39 is 0 Å². The third kappa shape index (κ3) is 2.48. The number of likely N-dealkylation sites (tertiary alicyclic amines) is 2. The van der Waals surface area contributed by atoms with Gasteiger partial charge >= 0.3 is 0 Å². The average Bonchev–Trinajstić information content (AvgIpc) is 3.48. The second kappa shape index (κ2) is 6.63. The summed E-state index contributed by atoms with van der Waals surface area (Å²) >= 11 is 0. The zero-order valence-electron chi connectivity index (χ0n) is 18.0. The monoisotopic (exact) mass is 410 g/mol. The molecule has 0 spiro atoms. The van der Waals surface area contributed by atoms with E-state index in [2.05, 4.69) is 24.3 Å². The highest BCUT2D eigenvalue weighted by atomic mass is 16.2. The van der Waals surface area contributed by atoms with Crippen molar-refractivity contribution >= 4 is 23.6 Å². The molecule has 0 aromatic rings. The minimum atomic E-state index is -0.0325. The molecule has 4 aliphatic carbocycles. The summed E-state index contributed by atoms with van der Waals surface area (Å²) in [6, 6.07) is 0.0185. The van der Waals surface area contributed by atoms with Gasteiger partial charge in [0.15, 0.2) is 0 Å². The van der Waals surface area contributed by atoms with Gasteiger partial charge in [-0.2, -0.15) is 0 Å². The Morgan fingerprint density at radius 3 is 1.00 bits per heavy atom. The number of carbonyl (C=O) groups excluding carboxylic acids is 4. The number of hydrogen-bond acceptors (Lipinski definition) is 4. The summed E-state index contributed by atoms with van der Waals surface area (Å²) in [6.45, 7) is 7.64. The van der Waals surface area contributed by atoms with Crippen molar-refractivity contribution in [1.82, 2.24) is 9.80 Å². The molecule has 2 saturated carbocycles. The number of allylic oxidation sites excluding steroid dienone is 4. The Hall–Kier alpha value is -2.24. The van der Waals surface area contributed by atoms with Crippen LogP contribution in [0.4, 0.5) is 0 Å². The van der Waals surface area contributed by atoms with Gasteiger partial charge in [0.25, 0.3) is 0 Å². The minimum Gasteiger partial charge on any atom is -0.280 e. The van der Waals surface area contributed by atoms with Gasteiger partial charge in [0.1, 0.15) is 0 Å². The van der Waals surface area contributed by atoms with Crippen LogP contribution in [-0.2, 0) is 19.2 Å². The van der Waals surface area contributed by atoms with Gasteiger partial charge < -0.3 is 0 Å². The normalized spacial score (nSPS) is 42.2. The molecule has 0 aromatic carbocycles. The molecule has 6 aliphatic rings. The van der Waals surface area contributed by atoms with Crippen LogP contribution >= 0.6 is 0 Å². The first-order valence-corrected chi connectivity index (χ1v) is 11.3. The molecule has 0 unspecified atom stereocenters. The predicted molar refractivity (Wildman–Crippen MR) is 109 cm³/mol. The fraction of sp³-hybridized carbons (Fsp3) is 0.667. The standard InChI is InChI=1S/2C12H15NO2/c2*1-6(2)13-11(14)9-7-3-4-8(5-7)10(9)12(13)15/h2*3-4,6-10H,5H2,1-2H3/t7-,8+,9+,10-;7-,8+,9-,10+. The first-order valence-electron chi connectivity index (χ1n) is 11.3. The molecule has 4 bridgehead atoms. The Morgan fingerprint density at radius 2 is 0.800 bits per heavy atom. The molecule has 6 rings (SSSR count). The fourth-order valence-electron chi connectivity index (χ4n) is 6.87. The van der Waals surface area contributed by atoms with Gasteiger partial charge in [-0.25, -0.2) is 0 Å². The highest BCUT2D eigenvalue weighted by molar-refractivity contribution is 6.07. The van der Waals surface area contributed by atoms with Crippen LogP contribution in [-0.4, -0.2) is 45.5 Å². The zero-order chi connectivity index (χ0) is 21.5. The number of fused-ring (bicyclic) bond motifs is 10. The molecule has 6 nitrogen and oxygen atoms in total. The topological polar surface area (TPSA) is 74.8 Å². The molecular weight excluding hydrogens is 380 g/mol. The lowest BCUT2D eigenvalue weighted by Gasteiger charge is -2.20. The Kier molecular flexibility index (Phi) is 4.35. The number of rotatable bonds is 2. The molecule has 2 heterocycles. The highest BCUT2D eigenvalue weighted by Crippen LogP contribution is 2.53. The van der Waals surface area contributed by atoms with E-state index in [1.807, 2.05) is 27.7 Å². The maximum absolute atomic E-state index is 12.1. The van der Waals surface area contributed by atoms with Crippen molar-refractivity contribution in [3.63, 3.8) is 0 Å². The van der Waals surface area contributed by atoms with Crippen molar-refractivity contribution in [2.24, 2.45) is 47.3 Å². The Balaban J connectivity index is 0.000000128. The predicted octanol–water partition coefficient (Wildman–Crippen LogP) is 2.40. The van der Waals surface area contributed by atoms with Gasteiger partial charge in [0.05, 0.1) is 23.7 Å². The molecule has 4 amide bonds. The van der Waals surface area contributed by atoms with Gasteiger partial charge in [-0.15, -0.1) is 0 Å². The van der Waals surface area contributed by atoms with Crippen LogP contribution in [0.25, 0.3) is 0 Å². The lowest BCUT2D eigenvalue weighted by atomic mass is 9.85. The van der Waals surface area contributed by atoms with Crippen molar-refractivity contribution in [3.8, 4) is 0 Å². The number of nitrogens with zero attached hydrogens (tertiary/aromatic N) is 2. The second-order valence-corrected chi connectivity index (χ2v) is 10.3. The van der Waals surface area contributed by atoms with E-state index in [9.17, 15) is 19.2 Å². The zero-order valence-corrected chi connectivity index (χ0v) is 18.0. The van der Waals surface area contributed by atoms with Gasteiger partial charge in [0.2, 0.25) is 23.6 Å². The summed E-state index contributed by atoms with van der Waals surface area (Å²) in [5.74, 6) is 1.47. The Bertz CT molecular complexity index is 756. The Morgan fingerprint density at radius 1 is 0.567 bits per heavy atom. The van der Waals surface area contributed by atoms with Crippen molar-refractivity contribution in [3.05, 3.63) is 24.3 Å². The number of carbonyl (C=O) groups is 4. The average molecular weight is 411 g/mol. The third-order valence-corrected chi connectivity index (χ3v) is 8.04. The second-order valence-electron chi connectivity index (χ2n) is 10.3. The van der Waals surface area contributed by atoms with Crippen LogP contribution < -0.4 is 0 Å². The molecule has 160 valence electrons. The van der Waals surface area contributed by atoms with E-state index in [1.165, 1.54) is 9.80 Å². The summed E-state index contributed by atoms with van der Waals surface area (Å²) < 4.78 is 0. The van der Waals surface area contributed by atoms with E-state index in [0.717, 1.165) is 12.8 Å². The molecule has 4 fully saturated rings. The van der Waals surface area contributed by atoms with E-state index in [1.54, 1.807) is 0 Å². The van der Waals surface area contributed by atoms with Crippen molar-refractivity contribution in [1.29, 1.82) is 0 Å². The lowest BCUT2D eigenvalue weighted by Crippen LogP contribution is -2.38. The van der Waals surface area contributed by atoms with Gasteiger partial charge in [0, 0.05) is 12.1 Å². The van der Waals surface area contributed by atoms with Gasteiger partial charge in [-0.3, -0.25) is 29.0 Å². The van der Waals surface area contributed by atoms with Gasteiger partial charge in [-0.1, -0.05) is 24.3 Å². The molecule has 0 radical (unpaired) electrons. The fourth-order valence-corrected chi connectivity index (χ4v) is 6.87. The van der Waals surface area contributed by atoms with Crippen LogP contribution in [0.5, 0.6) is 0 Å². The molecule has 8 atom stereocenters. The third-order valence-electron chi connectivity index (χ3n) is 8.04. The van der Waals surface area contributed by atoms with Crippen molar-refractivity contribution in [2.75, 3.05) is 0 Å². The minimum absolute atomic E-state index is 0.00926. The van der Waals surface area contributed by atoms with Crippen LogP contribution in [0.1, 0.15) is 40.5 Å². The Labute approximate surface area is 177 Å².